The van der Waals surface area contributed by atoms with Crippen LogP contribution in [0.25, 0.3) is 0 Å². The highest BCUT2D eigenvalue weighted by Gasteiger charge is 2.03. The number of hydrogen-bond acceptors (Lipinski definition) is 4. The Kier molecular flexibility index (Phi) is 3.08. The number of pyridine rings is 1. The predicted octanol–water partition coefficient (Wildman–Crippen LogP) is 2.69. The first kappa shape index (κ1) is 10.5. The number of nitriles is 1. The van der Waals surface area contributed by atoms with Crippen molar-refractivity contribution in [1.82, 2.24) is 4.98 Å². The lowest BCUT2D eigenvalue weighted by Crippen LogP contribution is -1.85. The number of nitrogens with zero attached hydrogens (tertiary/aromatic N) is 2. The van der Waals surface area contributed by atoms with Crippen LogP contribution >= 0.6 is 11.8 Å². The highest BCUT2D eigenvalue weighted by molar-refractivity contribution is 7.99. The van der Waals surface area contributed by atoms with Gasteiger partial charge in [0.1, 0.15) is 6.07 Å². The molecule has 4 heteroatoms. The Hall–Kier alpha value is -1.99. The van der Waals surface area contributed by atoms with Crippen molar-refractivity contribution in [3.63, 3.8) is 0 Å². The van der Waals surface area contributed by atoms with E-state index in [0.29, 0.717) is 5.56 Å². The quantitative estimate of drug-likeness (QED) is 0.801. The van der Waals surface area contributed by atoms with E-state index in [1.165, 1.54) is 11.8 Å². The van der Waals surface area contributed by atoms with Crippen LogP contribution in [0.5, 0.6) is 0 Å². The molecule has 2 rings (SSSR count). The van der Waals surface area contributed by atoms with Crippen LogP contribution in [0, 0.1) is 11.3 Å². The second kappa shape index (κ2) is 4.69. The maximum absolute atomic E-state index is 8.93. The highest BCUT2D eigenvalue weighted by atomic mass is 32.2. The van der Waals surface area contributed by atoms with Crippen LogP contribution in [0.2, 0.25) is 0 Å². The molecule has 3 nitrogen and oxygen atoms in total. The summed E-state index contributed by atoms with van der Waals surface area (Å²) in [6.45, 7) is 0. The molecule has 0 aliphatic rings. The lowest BCUT2D eigenvalue weighted by Gasteiger charge is -2.03. The number of rotatable bonds is 2. The predicted molar refractivity (Wildman–Crippen MR) is 63.9 cm³/mol. The summed E-state index contributed by atoms with van der Waals surface area (Å²) in [7, 11) is 0. The molecule has 1 aromatic heterocycles. The van der Waals surface area contributed by atoms with Crippen molar-refractivity contribution < 1.29 is 0 Å². The minimum absolute atomic E-state index is 0.636. The molecule has 0 radical (unpaired) electrons. The molecule has 0 amide bonds. The van der Waals surface area contributed by atoms with Crippen LogP contribution in [0.4, 0.5) is 5.69 Å². The first-order valence-corrected chi connectivity index (χ1v) is 5.49. The van der Waals surface area contributed by atoms with Gasteiger partial charge in [0, 0.05) is 27.9 Å². The molecule has 0 fully saturated rings. The van der Waals surface area contributed by atoms with Gasteiger partial charge in [-0.25, -0.2) is 0 Å². The van der Waals surface area contributed by atoms with Crippen molar-refractivity contribution in [2.24, 2.45) is 0 Å². The minimum Gasteiger partial charge on any atom is -0.399 e. The van der Waals surface area contributed by atoms with E-state index in [9.17, 15) is 0 Å². The van der Waals surface area contributed by atoms with Gasteiger partial charge in [-0.05, 0) is 30.3 Å². The Bertz CT molecular complexity index is 529. The van der Waals surface area contributed by atoms with E-state index in [2.05, 4.69) is 11.1 Å². The van der Waals surface area contributed by atoms with Crippen molar-refractivity contribution in [2.45, 2.75) is 9.79 Å². The zero-order chi connectivity index (χ0) is 11.4. The fourth-order valence-electron chi connectivity index (χ4n) is 1.22. The summed E-state index contributed by atoms with van der Waals surface area (Å²) in [5.41, 5.74) is 6.97. The van der Waals surface area contributed by atoms with E-state index in [1.807, 2.05) is 24.3 Å². The van der Waals surface area contributed by atoms with E-state index in [0.717, 1.165) is 15.5 Å². The largest absolute Gasteiger partial charge is 0.399 e. The summed E-state index contributed by atoms with van der Waals surface area (Å²) in [6, 6.07) is 11.4. The number of anilines is 1. The van der Waals surface area contributed by atoms with Gasteiger partial charge in [0.2, 0.25) is 0 Å². The van der Waals surface area contributed by atoms with Crippen molar-refractivity contribution in [3.8, 4) is 6.07 Å². The summed E-state index contributed by atoms with van der Waals surface area (Å²) >= 11 is 1.51. The lowest BCUT2D eigenvalue weighted by molar-refractivity contribution is 1.21. The van der Waals surface area contributed by atoms with Crippen LogP contribution in [0.15, 0.2) is 52.5 Å². The Balaban J connectivity index is 2.27. The average molecular weight is 227 g/mol. The van der Waals surface area contributed by atoms with Gasteiger partial charge < -0.3 is 5.73 Å². The van der Waals surface area contributed by atoms with E-state index in [-0.39, 0.29) is 0 Å². The molecule has 0 atom stereocenters. The summed E-state index contributed by atoms with van der Waals surface area (Å²) in [6.07, 6.45) is 3.31. The first-order valence-electron chi connectivity index (χ1n) is 4.67. The molecule has 0 aliphatic heterocycles. The van der Waals surface area contributed by atoms with Crippen LogP contribution in [0.3, 0.4) is 0 Å². The summed E-state index contributed by atoms with van der Waals surface area (Å²) in [5.74, 6) is 0. The second-order valence-corrected chi connectivity index (χ2v) is 4.27. The molecule has 78 valence electrons. The fourth-order valence-corrected chi connectivity index (χ4v) is 2.08. The topological polar surface area (TPSA) is 62.7 Å². The third kappa shape index (κ3) is 2.33. The Morgan fingerprint density at radius 3 is 2.62 bits per heavy atom. The maximum atomic E-state index is 8.93. The molecular formula is C12H9N3S. The van der Waals surface area contributed by atoms with Crippen molar-refractivity contribution in [1.29, 1.82) is 5.26 Å². The van der Waals surface area contributed by atoms with Crippen molar-refractivity contribution in [3.05, 3.63) is 48.3 Å². The number of nitrogen functional groups attached to an aromatic ring is 1. The molecule has 1 aromatic carbocycles. The van der Waals surface area contributed by atoms with Gasteiger partial charge in [-0.2, -0.15) is 5.26 Å². The molecule has 0 unspecified atom stereocenters. The molecule has 16 heavy (non-hydrogen) atoms. The van der Waals surface area contributed by atoms with Gasteiger partial charge in [0.15, 0.2) is 0 Å². The standard InChI is InChI=1S/C12H9N3S/c13-7-9-5-6-15-8-12(9)16-11-3-1-10(14)2-4-11/h1-6,8H,14H2. The van der Waals surface area contributed by atoms with Crippen molar-refractivity contribution >= 4 is 17.4 Å². The summed E-state index contributed by atoms with van der Waals surface area (Å²) in [4.78, 5) is 5.91. The first-order chi connectivity index (χ1) is 7.79. The van der Waals surface area contributed by atoms with Gasteiger partial charge >= 0.3 is 0 Å². The van der Waals surface area contributed by atoms with E-state index in [1.54, 1.807) is 18.5 Å². The van der Waals surface area contributed by atoms with Gasteiger partial charge in [0.25, 0.3) is 0 Å². The van der Waals surface area contributed by atoms with Crippen LogP contribution in [0.1, 0.15) is 5.56 Å². The van der Waals surface area contributed by atoms with Gasteiger partial charge in [-0.1, -0.05) is 11.8 Å². The summed E-state index contributed by atoms with van der Waals surface area (Å²) < 4.78 is 0. The van der Waals surface area contributed by atoms with Crippen LogP contribution < -0.4 is 5.73 Å². The van der Waals surface area contributed by atoms with Gasteiger partial charge in [0.05, 0.1) is 5.56 Å². The number of aromatic nitrogens is 1. The molecule has 0 aliphatic carbocycles. The lowest BCUT2D eigenvalue weighted by atomic mass is 10.3. The number of benzene rings is 1. The zero-order valence-electron chi connectivity index (χ0n) is 8.42. The highest BCUT2D eigenvalue weighted by Crippen LogP contribution is 2.29. The van der Waals surface area contributed by atoms with Crippen LogP contribution in [-0.4, -0.2) is 4.98 Å². The Labute approximate surface area is 97.9 Å². The Morgan fingerprint density at radius 1 is 1.19 bits per heavy atom. The monoisotopic (exact) mass is 227 g/mol. The number of hydrogen-bond donors (Lipinski definition) is 1. The maximum Gasteiger partial charge on any atom is 0.100 e. The van der Waals surface area contributed by atoms with Crippen molar-refractivity contribution in [2.75, 3.05) is 5.73 Å². The van der Waals surface area contributed by atoms with E-state index < -0.39 is 0 Å². The van der Waals surface area contributed by atoms with Gasteiger partial charge in [-0.15, -0.1) is 0 Å². The molecule has 0 spiro atoms. The third-order valence-electron chi connectivity index (χ3n) is 2.01. The molecule has 1 heterocycles. The molecule has 0 bridgehead atoms. The SMILES string of the molecule is N#Cc1ccncc1Sc1ccc(N)cc1. The molecule has 2 aromatic rings. The second-order valence-electron chi connectivity index (χ2n) is 3.15. The fraction of sp³-hybridized carbons (Fsp3) is 0. The normalized spacial score (nSPS) is 9.69. The summed E-state index contributed by atoms with van der Waals surface area (Å²) in [5, 5.41) is 8.93. The van der Waals surface area contributed by atoms with E-state index in [4.69, 9.17) is 11.0 Å². The van der Waals surface area contributed by atoms with E-state index >= 15 is 0 Å². The van der Waals surface area contributed by atoms with Gasteiger partial charge in [-0.3, -0.25) is 4.98 Å². The molecular weight excluding hydrogens is 218 g/mol. The third-order valence-corrected chi connectivity index (χ3v) is 3.07. The zero-order valence-corrected chi connectivity index (χ0v) is 9.24. The smallest absolute Gasteiger partial charge is 0.100 e. The average Bonchev–Trinajstić information content (AvgIpc) is 2.33. The molecule has 2 N–H and O–H groups in total. The molecule has 0 saturated heterocycles. The minimum atomic E-state index is 0.636. The number of nitrogens with two attached hydrogens (primary N) is 1. The van der Waals surface area contributed by atoms with Crippen LogP contribution in [-0.2, 0) is 0 Å². The molecule has 0 saturated carbocycles. The Morgan fingerprint density at radius 2 is 1.94 bits per heavy atom.